The SMILES string of the molecule is CCOC(=O)C1=C(c2ccccc2)N=c2sc(=Cc3cc([N+](=O)[O-])ccc3N3CCN(C)CC3)c(=O)n2C1c1ccc(Cl)cc1. The lowest BCUT2D eigenvalue weighted by atomic mass is 9.93. The van der Waals surface area contributed by atoms with Gasteiger partial charge < -0.3 is 14.5 Å². The fraction of sp³-hybridized carbons (Fsp3) is 0.242. The molecule has 12 heteroatoms. The largest absolute Gasteiger partial charge is 0.463 e. The van der Waals surface area contributed by atoms with Gasteiger partial charge >= 0.3 is 5.97 Å². The second-order valence-electron chi connectivity index (χ2n) is 10.8. The summed E-state index contributed by atoms with van der Waals surface area (Å²) in [6, 6.07) is 20.2. The minimum atomic E-state index is -0.850. The van der Waals surface area contributed by atoms with Gasteiger partial charge in [0.15, 0.2) is 4.80 Å². The number of anilines is 1. The van der Waals surface area contributed by atoms with Crippen molar-refractivity contribution in [1.82, 2.24) is 9.47 Å². The summed E-state index contributed by atoms with van der Waals surface area (Å²) >= 11 is 7.40. The molecule has 6 rings (SSSR count). The molecule has 1 aromatic heterocycles. The summed E-state index contributed by atoms with van der Waals surface area (Å²) in [6.45, 7) is 5.05. The van der Waals surface area contributed by atoms with Crippen molar-refractivity contribution >= 4 is 52.1 Å². The van der Waals surface area contributed by atoms with Crippen LogP contribution in [0.3, 0.4) is 0 Å². The zero-order valence-corrected chi connectivity index (χ0v) is 26.3. The summed E-state index contributed by atoms with van der Waals surface area (Å²) < 4.78 is 7.36. The molecule has 230 valence electrons. The van der Waals surface area contributed by atoms with E-state index in [-0.39, 0.29) is 23.4 Å². The predicted octanol–water partition coefficient (Wildman–Crippen LogP) is 4.25. The highest BCUT2D eigenvalue weighted by molar-refractivity contribution is 7.07. The number of halogens is 1. The van der Waals surface area contributed by atoms with Crippen molar-refractivity contribution in [3.05, 3.63) is 130 Å². The molecule has 0 aliphatic carbocycles. The van der Waals surface area contributed by atoms with Gasteiger partial charge in [-0.05, 0) is 43.8 Å². The minimum Gasteiger partial charge on any atom is -0.463 e. The highest BCUT2D eigenvalue weighted by Gasteiger charge is 2.35. The van der Waals surface area contributed by atoms with E-state index >= 15 is 0 Å². The first kappa shape index (κ1) is 30.4. The molecule has 0 radical (unpaired) electrons. The van der Waals surface area contributed by atoms with Gasteiger partial charge in [-0.2, -0.15) is 0 Å². The number of non-ortho nitro benzene ring substituents is 1. The van der Waals surface area contributed by atoms with Gasteiger partial charge in [-0.25, -0.2) is 9.79 Å². The van der Waals surface area contributed by atoms with Crippen LogP contribution in [0.15, 0.2) is 88.2 Å². The lowest BCUT2D eigenvalue weighted by molar-refractivity contribution is -0.384. The van der Waals surface area contributed by atoms with E-state index in [0.29, 0.717) is 36.7 Å². The number of fused-ring (bicyclic) bond motifs is 1. The number of thiazole rings is 1. The zero-order valence-electron chi connectivity index (χ0n) is 24.7. The monoisotopic (exact) mass is 643 g/mol. The average Bonchev–Trinajstić information content (AvgIpc) is 3.35. The first-order chi connectivity index (χ1) is 21.7. The molecule has 1 unspecified atom stereocenters. The summed E-state index contributed by atoms with van der Waals surface area (Å²) in [5.74, 6) is -0.578. The summed E-state index contributed by atoms with van der Waals surface area (Å²) in [4.78, 5) is 48.9. The molecule has 0 amide bonds. The number of carbonyl (C=O) groups excluding carboxylic acids is 1. The number of aromatic nitrogens is 1. The zero-order chi connectivity index (χ0) is 31.7. The Morgan fingerprint density at radius 3 is 2.47 bits per heavy atom. The summed E-state index contributed by atoms with van der Waals surface area (Å²) in [6.07, 6.45) is 1.69. The van der Waals surface area contributed by atoms with Crippen LogP contribution >= 0.6 is 22.9 Å². The first-order valence-corrected chi connectivity index (χ1v) is 15.7. The molecular formula is C33H30ClN5O5S. The molecule has 4 aromatic rings. The molecule has 0 bridgehead atoms. The minimum absolute atomic E-state index is 0.0677. The third kappa shape index (κ3) is 6.06. The molecule has 1 fully saturated rings. The van der Waals surface area contributed by atoms with Crippen molar-refractivity contribution in [3.8, 4) is 0 Å². The molecule has 1 saturated heterocycles. The second kappa shape index (κ2) is 12.8. The number of nitro groups is 1. The van der Waals surface area contributed by atoms with E-state index < -0.39 is 16.9 Å². The molecule has 45 heavy (non-hydrogen) atoms. The molecule has 2 aliphatic heterocycles. The predicted molar refractivity (Wildman–Crippen MR) is 175 cm³/mol. The Morgan fingerprint density at radius 1 is 1.09 bits per heavy atom. The van der Waals surface area contributed by atoms with Gasteiger partial charge in [0.1, 0.15) is 0 Å². The van der Waals surface area contributed by atoms with E-state index in [0.717, 1.165) is 31.9 Å². The normalized spacial score (nSPS) is 17.2. The van der Waals surface area contributed by atoms with Crippen LogP contribution in [0.1, 0.15) is 29.7 Å². The van der Waals surface area contributed by atoms with E-state index in [4.69, 9.17) is 21.3 Å². The van der Waals surface area contributed by atoms with Crippen molar-refractivity contribution in [3.63, 3.8) is 0 Å². The Hall–Kier alpha value is -4.58. The van der Waals surface area contributed by atoms with Crippen LogP contribution in [0.4, 0.5) is 11.4 Å². The maximum absolute atomic E-state index is 14.3. The number of piperazine rings is 1. The van der Waals surface area contributed by atoms with Crippen molar-refractivity contribution in [1.29, 1.82) is 0 Å². The molecule has 2 aliphatic rings. The van der Waals surface area contributed by atoms with Crippen LogP contribution in [0.5, 0.6) is 0 Å². The number of hydrogen-bond acceptors (Lipinski definition) is 9. The van der Waals surface area contributed by atoms with E-state index in [1.165, 1.54) is 28.0 Å². The third-order valence-electron chi connectivity index (χ3n) is 7.91. The molecule has 1 atom stereocenters. The third-order valence-corrected chi connectivity index (χ3v) is 9.15. The second-order valence-corrected chi connectivity index (χ2v) is 12.2. The van der Waals surface area contributed by atoms with Gasteiger partial charge in [0.2, 0.25) is 0 Å². The first-order valence-electron chi connectivity index (χ1n) is 14.5. The van der Waals surface area contributed by atoms with E-state index in [1.54, 1.807) is 43.3 Å². The Morgan fingerprint density at radius 2 is 1.80 bits per heavy atom. The summed E-state index contributed by atoms with van der Waals surface area (Å²) in [7, 11) is 2.06. The molecule has 10 nitrogen and oxygen atoms in total. The van der Waals surface area contributed by atoms with Gasteiger partial charge in [0, 0.05) is 60.1 Å². The van der Waals surface area contributed by atoms with Crippen LogP contribution in [0, 0.1) is 10.1 Å². The number of carbonyl (C=O) groups is 1. The number of benzene rings is 3. The average molecular weight is 644 g/mol. The fourth-order valence-electron chi connectivity index (χ4n) is 5.65. The lowest BCUT2D eigenvalue weighted by Crippen LogP contribution is -2.44. The van der Waals surface area contributed by atoms with E-state index in [2.05, 4.69) is 16.8 Å². The topological polar surface area (TPSA) is 110 Å². The number of esters is 1. The van der Waals surface area contributed by atoms with Crippen molar-refractivity contribution in [2.45, 2.75) is 13.0 Å². The van der Waals surface area contributed by atoms with Crippen LogP contribution in [0.2, 0.25) is 5.02 Å². The van der Waals surface area contributed by atoms with Crippen LogP contribution in [0.25, 0.3) is 11.8 Å². The standard InChI is InChI=1S/C33H30ClN5O5S/c1-3-44-32(41)28-29(21-7-5-4-6-8-21)35-33-38(30(28)22-9-11-24(34)12-10-22)31(40)27(45-33)20-23-19-25(39(42)43)13-14-26(23)37-17-15-36(2)16-18-37/h4-14,19-20,30H,3,15-18H2,1-2H3. The number of rotatable bonds is 7. The molecule has 0 N–H and O–H groups in total. The van der Waals surface area contributed by atoms with E-state index in [9.17, 15) is 19.7 Å². The Balaban J connectivity index is 1.60. The van der Waals surface area contributed by atoms with Crippen LogP contribution in [-0.2, 0) is 9.53 Å². The molecule has 3 heterocycles. The Labute approximate surface area is 267 Å². The van der Waals surface area contributed by atoms with Gasteiger partial charge in [-0.1, -0.05) is 65.4 Å². The molecule has 0 saturated carbocycles. The maximum atomic E-state index is 14.3. The van der Waals surface area contributed by atoms with Gasteiger partial charge in [-0.15, -0.1) is 0 Å². The van der Waals surface area contributed by atoms with Gasteiger partial charge in [0.05, 0.1) is 33.4 Å². The molecule has 3 aromatic carbocycles. The lowest BCUT2D eigenvalue weighted by Gasteiger charge is -2.34. The number of nitrogens with zero attached hydrogens (tertiary/aromatic N) is 5. The van der Waals surface area contributed by atoms with Crippen LogP contribution in [-0.4, -0.2) is 60.2 Å². The summed E-state index contributed by atoms with van der Waals surface area (Å²) in [5, 5.41) is 12.3. The number of hydrogen-bond donors (Lipinski definition) is 0. The number of likely N-dealkylation sites (N-methyl/N-ethyl adjacent to an activating group) is 1. The highest BCUT2D eigenvalue weighted by Crippen LogP contribution is 2.35. The quantitative estimate of drug-likeness (QED) is 0.168. The Bertz CT molecular complexity index is 1980. The molecule has 0 spiro atoms. The maximum Gasteiger partial charge on any atom is 0.338 e. The molecular weight excluding hydrogens is 614 g/mol. The van der Waals surface area contributed by atoms with Crippen molar-refractivity contribution < 1.29 is 14.5 Å². The highest BCUT2D eigenvalue weighted by atomic mass is 35.5. The number of ether oxygens (including phenoxy) is 1. The van der Waals surface area contributed by atoms with E-state index in [1.807, 2.05) is 30.3 Å². The smallest absolute Gasteiger partial charge is 0.338 e. The summed E-state index contributed by atoms with van der Waals surface area (Å²) in [5.41, 5.74) is 2.94. The number of nitro benzene ring substituents is 1. The van der Waals surface area contributed by atoms with Crippen molar-refractivity contribution in [2.75, 3.05) is 44.7 Å². The fourth-order valence-corrected chi connectivity index (χ4v) is 6.77. The van der Waals surface area contributed by atoms with Crippen LogP contribution < -0.4 is 19.8 Å². The Kier molecular flexibility index (Phi) is 8.66. The van der Waals surface area contributed by atoms with Gasteiger partial charge in [0.25, 0.3) is 11.2 Å². The van der Waals surface area contributed by atoms with Crippen molar-refractivity contribution in [2.24, 2.45) is 4.99 Å². The van der Waals surface area contributed by atoms with Gasteiger partial charge in [-0.3, -0.25) is 19.5 Å².